The molecular weight excluding hydrogens is 405 g/mol. The third kappa shape index (κ3) is 7.00. The Labute approximate surface area is 194 Å². The number of alkyl halides is 3. The van der Waals surface area contributed by atoms with E-state index in [1.54, 1.807) is 12.1 Å². The predicted molar refractivity (Wildman–Crippen MR) is 129 cm³/mol. The summed E-state index contributed by atoms with van der Waals surface area (Å²) >= 11 is 0. The van der Waals surface area contributed by atoms with Gasteiger partial charge in [-0.3, -0.25) is 0 Å². The van der Waals surface area contributed by atoms with Crippen LogP contribution in [-0.4, -0.2) is 0 Å². The van der Waals surface area contributed by atoms with Crippen molar-refractivity contribution < 1.29 is 13.2 Å². The van der Waals surface area contributed by atoms with Crippen molar-refractivity contribution in [3.63, 3.8) is 0 Å². The summed E-state index contributed by atoms with van der Waals surface area (Å²) in [5, 5.41) is 0. The first-order valence-electron chi connectivity index (χ1n) is 13.6. The van der Waals surface area contributed by atoms with Crippen LogP contribution in [0.25, 0.3) is 0 Å². The second-order valence-corrected chi connectivity index (χ2v) is 11.0. The molecule has 1 aromatic rings. The molecule has 0 spiro atoms. The molecule has 3 rings (SSSR count). The maximum absolute atomic E-state index is 13.0. The van der Waals surface area contributed by atoms with Crippen LogP contribution in [0, 0.1) is 5.41 Å². The first-order chi connectivity index (χ1) is 15.4. The van der Waals surface area contributed by atoms with Crippen molar-refractivity contribution in [3.8, 4) is 0 Å². The minimum atomic E-state index is -4.25. The number of hydrogen-bond acceptors (Lipinski definition) is 0. The Morgan fingerprint density at radius 3 is 1.75 bits per heavy atom. The van der Waals surface area contributed by atoms with Gasteiger partial charge in [0.1, 0.15) is 0 Å². The molecule has 0 N–H and O–H groups in total. The molecule has 182 valence electrons. The van der Waals surface area contributed by atoms with E-state index in [1.807, 2.05) is 0 Å². The highest BCUT2D eigenvalue weighted by molar-refractivity contribution is 5.31. The highest BCUT2D eigenvalue weighted by Crippen LogP contribution is 2.47. The van der Waals surface area contributed by atoms with E-state index in [-0.39, 0.29) is 5.41 Å². The first kappa shape index (κ1) is 25.6. The minimum absolute atomic E-state index is 0.100. The van der Waals surface area contributed by atoms with Crippen molar-refractivity contribution in [3.05, 3.63) is 35.4 Å². The number of halogens is 3. The fraction of sp³-hybridized carbons (Fsp3) is 0.793. The number of benzene rings is 1. The second-order valence-electron chi connectivity index (χ2n) is 11.0. The molecular formula is C29H45F3. The Balaban J connectivity index is 1.59. The summed E-state index contributed by atoms with van der Waals surface area (Å²) in [5.74, 6) is 0. The van der Waals surface area contributed by atoms with Gasteiger partial charge in [-0.2, -0.15) is 13.2 Å². The van der Waals surface area contributed by atoms with E-state index < -0.39 is 11.7 Å². The van der Waals surface area contributed by atoms with Crippen LogP contribution in [-0.2, 0) is 11.6 Å². The summed E-state index contributed by atoms with van der Waals surface area (Å²) in [6, 6.07) is 6.17. The monoisotopic (exact) mass is 450 g/mol. The standard InChI is InChI=1S/C29H45F3/c1-2-3-4-7-18-27(19-8-5-9-20-27)21-12-13-24-28(22-10-6-11-23-28)25-14-16-26(17-15-25)29(30,31)32/h14-17H,2-13,18-24H2,1H3. The molecule has 0 amide bonds. The molecule has 2 aliphatic rings. The van der Waals surface area contributed by atoms with E-state index in [0.29, 0.717) is 5.41 Å². The Hall–Kier alpha value is -0.990. The Kier molecular flexibility index (Phi) is 9.56. The number of hydrogen-bond donors (Lipinski definition) is 0. The Morgan fingerprint density at radius 2 is 1.19 bits per heavy atom. The van der Waals surface area contributed by atoms with Crippen molar-refractivity contribution in [1.29, 1.82) is 0 Å². The molecule has 0 heterocycles. The first-order valence-corrected chi connectivity index (χ1v) is 13.6. The Bertz CT molecular complexity index is 646. The lowest BCUT2D eigenvalue weighted by Crippen LogP contribution is -2.29. The molecule has 2 saturated carbocycles. The van der Waals surface area contributed by atoms with E-state index in [1.165, 1.54) is 115 Å². The predicted octanol–water partition coefficient (Wildman–Crippen LogP) is 10.4. The molecule has 3 heteroatoms. The average molecular weight is 451 g/mol. The molecule has 32 heavy (non-hydrogen) atoms. The molecule has 0 aliphatic heterocycles. The van der Waals surface area contributed by atoms with Gasteiger partial charge in [0.05, 0.1) is 5.56 Å². The van der Waals surface area contributed by atoms with Crippen molar-refractivity contribution in [1.82, 2.24) is 0 Å². The lowest BCUT2D eigenvalue weighted by atomic mass is 9.65. The van der Waals surface area contributed by atoms with Crippen molar-refractivity contribution in [2.24, 2.45) is 5.41 Å². The molecule has 0 atom stereocenters. The molecule has 2 fully saturated rings. The van der Waals surface area contributed by atoms with Crippen LogP contribution in [0.2, 0.25) is 0 Å². The molecule has 0 radical (unpaired) electrons. The number of rotatable bonds is 11. The van der Waals surface area contributed by atoms with Crippen molar-refractivity contribution in [2.45, 2.75) is 141 Å². The smallest absolute Gasteiger partial charge is 0.166 e. The van der Waals surface area contributed by atoms with Crippen LogP contribution in [0.15, 0.2) is 24.3 Å². The lowest BCUT2D eigenvalue weighted by Gasteiger charge is -2.40. The van der Waals surface area contributed by atoms with Crippen LogP contribution in [0.5, 0.6) is 0 Å². The summed E-state index contributed by atoms with van der Waals surface area (Å²) in [7, 11) is 0. The van der Waals surface area contributed by atoms with Crippen LogP contribution >= 0.6 is 0 Å². The second kappa shape index (κ2) is 11.9. The lowest BCUT2D eigenvalue weighted by molar-refractivity contribution is -0.137. The maximum Gasteiger partial charge on any atom is 0.416 e. The van der Waals surface area contributed by atoms with Crippen LogP contribution < -0.4 is 0 Å². The van der Waals surface area contributed by atoms with Crippen molar-refractivity contribution in [2.75, 3.05) is 0 Å². The molecule has 0 aromatic heterocycles. The van der Waals surface area contributed by atoms with Gasteiger partial charge in [-0.15, -0.1) is 0 Å². The highest BCUT2D eigenvalue weighted by atomic mass is 19.4. The summed E-state index contributed by atoms with van der Waals surface area (Å²) in [4.78, 5) is 0. The summed E-state index contributed by atoms with van der Waals surface area (Å²) in [5.41, 5.74) is 1.32. The van der Waals surface area contributed by atoms with Gasteiger partial charge in [0, 0.05) is 0 Å². The normalized spacial score (nSPS) is 20.9. The third-order valence-electron chi connectivity index (χ3n) is 8.72. The SMILES string of the molecule is CCCCCCC1(CCCCC2(c3ccc(C(F)(F)F)cc3)CCCCC2)CCCCC1. The largest absolute Gasteiger partial charge is 0.416 e. The van der Waals surface area contributed by atoms with E-state index in [0.717, 1.165) is 24.8 Å². The van der Waals surface area contributed by atoms with Gasteiger partial charge in [-0.1, -0.05) is 96.1 Å². The van der Waals surface area contributed by atoms with Crippen LogP contribution in [0.4, 0.5) is 13.2 Å². The van der Waals surface area contributed by atoms with Gasteiger partial charge in [-0.25, -0.2) is 0 Å². The molecule has 1 aromatic carbocycles. The molecule has 0 bridgehead atoms. The van der Waals surface area contributed by atoms with E-state index in [2.05, 4.69) is 6.92 Å². The van der Waals surface area contributed by atoms with E-state index >= 15 is 0 Å². The topological polar surface area (TPSA) is 0 Å². The molecule has 0 unspecified atom stereocenters. The van der Waals surface area contributed by atoms with E-state index in [9.17, 15) is 13.2 Å². The zero-order chi connectivity index (χ0) is 22.9. The van der Waals surface area contributed by atoms with Gasteiger partial charge in [-0.05, 0) is 73.5 Å². The van der Waals surface area contributed by atoms with E-state index in [4.69, 9.17) is 0 Å². The molecule has 0 nitrogen and oxygen atoms in total. The van der Waals surface area contributed by atoms with Crippen LogP contribution in [0.1, 0.15) is 140 Å². The van der Waals surface area contributed by atoms with Crippen LogP contribution in [0.3, 0.4) is 0 Å². The van der Waals surface area contributed by atoms with Gasteiger partial charge in [0.15, 0.2) is 0 Å². The third-order valence-corrected chi connectivity index (χ3v) is 8.72. The van der Waals surface area contributed by atoms with Gasteiger partial charge in [0.25, 0.3) is 0 Å². The summed E-state index contributed by atoms with van der Waals surface area (Å²) in [6.45, 7) is 2.29. The maximum atomic E-state index is 13.0. The average Bonchev–Trinajstić information content (AvgIpc) is 2.81. The van der Waals surface area contributed by atoms with Gasteiger partial charge in [0.2, 0.25) is 0 Å². The quantitative estimate of drug-likeness (QED) is 0.294. The zero-order valence-electron chi connectivity index (χ0n) is 20.4. The van der Waals surface area contributed by atoms with Crippen molar-refractivity contribution >= 4 is 0 Å². The fourth-order valence-corrected chi connectivity index (χ4v) is 6.74. The molecule has 0 saturated heterocycles. The minimum Gasteiger partial charge on any atom is -0.166 e. The highest BCUT2D eigenvalue weighted by Gasteiger charge is 2.36. The zero-order valence-corrected chi connectivity index (χ0v) is 20.4. The summed E-state index contributed by atoms with van der Waals surface area (Å²) in [6.07, 6.45) is 20.7. The van der Waals surface area contributed by atoms with Gasteiger partial charge < -0.3 is 0 Å². The summed E-state index contributed by atoms with van der Waals surface area (Å²) < 4.78 is 39.1. The Morgan fingerprint density at radius 1 is 0.656 bits per heavy atom. The molecule has 2 aliphatic carbocycles. The number of unbranched alkanes of at least 4 members (excludes halogenated alkanes) is 4. The van der Waals surface area contributed by atoms with Gasteiger partial charge >= 0.3 is 6.18 Å². The fourth-order valence-electron chi connectivity index (χ4n) is 6.74.